The van der Waals surface area contributed by atoms with Crippen molar-refractivity contribution in [3.63, 3.8) is 0 Å². The van der Waals surface area contributed by atoms with E-state index in [0.717, 1.165) is 36.4 Å². The molecule has 0 N–H and O–H groups in total. The van der Waals surface area contributed by atoms with Gasteiger partial charge in [-0.3, -0.25) is 0 Å². The third-order valence-electron chi connectivity index (χ3n) is 9.52. The molecule has 0 amide bonds. The number of hydrogen-bond acceptors (Lipinski definition) is 3. The van der Waals surface area contributed by atoms with Crippen molar-refractivity contribution in [3.05, 3.63) is 131 Å². The number of fused-ring (bicyclic) bond motifs is 2. The van der Waals surface area contributed by atoms with Crippen LogP contribution in [0, 0.1) is 0 Å². The summed E-state index contributed by atoms with van der Waals surface area (Å²) in [6.45, 7) is -8.28. The molecule has 4 aromatic rings. The van der Waals surface area contributed by atoms with E-state index in [4.69, 9.17) is 13.6 Å². The molecule has 1 saturated heterocycles. The normalized spacial score (nSPS) is 26.0. The molecule has 48 heavy (non-hydrogen) atoms. The van der Waals surface area contributed by atoms with E-state index < -0.39 is 76.0 Å². The topological polar surface area (TPSA) is 27.7 Å². The number of hydrogen-bond donors (Lipinski definition) is 0. The predicted octanol–water partition coefficient (Wildman–Crippen LogP) is 9.68. The Hall–Kier alpha value is -3.65. The van der Waals surface area contributed by atoms with Gasteiger partial charge in [-0.1, -0.05) is 0 Å². The van der Waals surface area contributed by atoms with Crippen molar-refractivity contribution in [1.82, 2.24) is 0 Å². The van der Waals surface area contributed by atoms with E-state index in [2.05, 4.69) is 0 Å². The summed E-state index contributed by atoms with van der Waals surface area (Å²) in [7, 11) is 0. The summed E-state index contributed by atoms with van der Waals surface area (Å²) >= 11 is 0. The summed E-state index contributed by atoms with van der Waals surface area (Å²) in [4.78, 5) is 0. The van der Waals surface area contributed by atoms with Gasteiger partial charge in [0.2, 0.25) is 0 Å². The summed E-state index contributed by atoms with van der Waals surface area (Å²) in [6.07, 6.45) is -27.9. The van der Waals surface area contributed by atoms with Crippen LogP contribution in [0.1, 0.15) is 34.0 Å². The van der Waals surface area contributed by atoms with Crippen molar-refractivity contribution >= 4 is 17.2 Å². The zero-order valence-corrected chi connectivity index (χ0v) is 24.6. The van der Waals surface area contributed by atoms with E-state index in [1.54, 1.807) is 0 Å². The molecule has 2 atom stereocenters. The van der Waals surface area contributed by atoms with Gasteiger partial charge in [0.15, 0.2) is 0 Å². The Labute approximate surface area is 262 Å². The van der Waals surface area contributed by atoms with Gasteiger partial charge in [-0.2, -0.15) is 0 Å². The molecule has 1 spiro atoms. The van der Waals surface area contributed by atoms with Crippen LogP contribution in [-0.2, 0) is 24.8 Å². The van der Waals surface area contributed by atoms with Gasteiger partial charge in [0.25, 0.3) is 0 Å². The minimum absolute atomic E-state index is 0.00722. The molecule has 2 unspecified atom stereocenters. The molecule has 1 fully saturated rings. The molecule has 3 heterocycles. The van der Waals surface area contributed by atoms with Gasteiger partial charge in [0.05, 0.1) is 0 Å². The summed E-state index contributed by atoms with van der Waals surface area (Å²) in [6, 6.07) is 18.1. The second-order valence-electron chi connectivity index (χ2n) is 11.8. The molecule has 0 bridgehead atoms. The average Bonchev–Trinajstić information content (AvgIpc) is 3.44. The van der Waals surface area contributed by atoms with Crippen LogP contribution in [0.4, 0.5) is 52.7 Å². The Morgan fingerprint density at radius 3 is 1.15 bits per heavy atom. The summed E-state index contributed by atoms with van der Waals surface area (Å²) in [5, 5.41) is -2.69. The molecule has 3 nitrogen and oxygen atoms in total. The minimum atomic E-state index is -8.28. The quantitative estimate of drug-likeness (QED) is 0.153. The first-order valence-corrected chi connectivity index (χ1v) is 16.6. The summed E-state index contributed by atoms with van der Waals surface area (Å²) < 4.78 is 201. The Bertz CT molecular complexity index is 1820. The van der Waals surface area contributed by atoms with Crippen molar-refractivity contribution in [1.29, 1.82) is 0 Å². The Balaban J connectivity index is 1.79. The van der Waals surface area contributed by atoms with Crippen LogP contribution < -0.4 is 10.6 Å². The summed E-state index contributed by atoms with van der Waals surface area (Å²) in [5.74, 6) is 0. The molecule has 0 aliphatic carbocycles. The number of benzene rings is 4. The van der Waals surface area contributed by atoms with Crippen LogP contribution in [0.25, 0.3) is 0 Å². The maximum absolute atomic E-state index is 15.3. The first-order valence-electron chi connectivity index (χ1n) is 14.1. The van der Waals surface area contributed by atoms with E-state index in [0.29, 0.717) is 24.3 Å². The molecule has 3 aliphatic rings. The maximum atomic E-state index is 15.3. The van der Waals surface area contributed by atoms with Gasteiger partial charge in [0.1, 0.15) is 0 Å². The fourth-order valence-electron chi connectivity index (χ4n) is 7.93. The molecule has 0 saturated carbocycles. The van der Waals surface area contributed by atoms with E-state index in [9.17, 15) is 0 Å². The number of halogens is 12. The standard InChI is InChI=1S/C32H20F12O3P/c33-29(34,35)27(30(36,37)38)21-15-7-9-17-23(21)48(46-27,24-18-10-8-16-22(24)28(47-48,31(39,40)41)32(42,43)44)26(20-13-5-2-6-14-20)25(45-48)19-11-3-1-4-12-19/h1-18,25-26H/q-1. The monoisotopic (exact) mass is 711 g/mol. The first-order chi connectivity index (χ1) is 22.2. The van der Waals surface area contributed by atoms with E-state index >= 15 is 52.7 Å². The fourth-order valence-corrected chi connectivity index (χ4v) is 16.5. The third-order valence-corrected chi connectivity index (χ3v) is 16.5. The molecule has 256 valence electrons. The second kappa shape index (κ2) is 9.12. The van der Waals surface area contributed by atoms with Crippen LogP contribution in [0.3, 0.4) is 0 Å². The summed E-state index contributed by atoms with van der Waals surface area (Å²) in [5.41, 5.74) is -17.2. The number of rotatable bonds is 2. The average molecular weight is 711 g/mol. The molecule has 0 aromatic heterocycles. The molecule has 3 aliphatic heterocycles. The van der Waals surface area contributed by atoms with Gasteiger partial charge in [0, 0.05) is 0 Å². The molecule has 16 heteroatoms. The Morgan fingerprint density at radius 2 is 0.771 bits per heavy atom. The van der Waals surface area contributed by atoms with Crippen molar-refractivity contribution in [2.45, 2.75) is 47.7 Å². The van der Waals surface area contributed by atoms with E-state index in [1.807, 2.05) is 0 Å². The molecule has 7 rings (SSSR count). The predicted molar refractivity (Wildman–Crippen MR) is 148 cm³/mol. The molecule has 0 radical (unpaired) electrons. The number of alkyl halides is 12. The van der Waals surface area contributed by atoms with Crippen LogP contribution in [0.5, 0.6) is 0 Å². The Morgan fingerprint density at radius 1 is 0.438 bits per heavy atom. The first kappa shape index (κ1) is 32.9. The van der Waals surface area contributed by atoms with E-state index in [1.165, 1.54) is 48.5 Å². The molecular weight excluding hydrogens is 691 g/mol. The Kier molecular flexibility index (Phi) is 6.24. The van der Waals surface area contributed by atoms with Crippen LogP contribution in [0.2, 0.25) is 0 Å². The third kappa shape index (κ3) is 3.34. The van der Waals surface area contributed by atoms with Crippen molar-refractivity contribution in [2.24, 2.45) is 0 Å². The van der Waals surface area contributed by atoms with Crippen LogP contribution >= 0.6 is 6.63 Å². The van der Waals surface area contributed by atoms with Crippen molar-refractivity contribution in [3.8, 4) is 0 Å². The molecular formula is C32H20F12O3P-. The van der Waals surface area contributed by atoms with Gasteiger partial charge in [-0.05, 0) is 0 Å². The zero-order valence-electron chi connectivity index (χ0n) is 23.8. The van der Waals surface area contributed by atoms with Crippen LogP contribution in [-0.4, -0.2) is 24.7 Å². The van der Waals surface area contributed by atoms with E-state index in [-0.39, 0.29) is 11.1 Å². The molecule has 4 aromatic carbocycles. The SMILES string of the molecule is FC(F)(F)C1(C(F)(F)F)O[P-]23(OC(c4ccccc4)C2c2ccccc2)(OC(C(F)(F)F)(C(F)(F)F)c2ccccc23)c2ccccc21. The zero-order chi connectivity index (χ0) is 34.9. The van der Waals surface area contributed by atoms with Crippen molar-refractivity contribution in [2.75, 3.05) is 0 Å². The van der Waals surface area contributed by atoms with Gasteiger partial charge in [-0.15, -0.1) is 0 Å². The second-order valence-corrected chi connectivity index (χ2v) is 16.8. The fraction of sp³-hybridized carbons (Fsp3) is 0.250. The van der Waals surface area contributed by atoms with Gasteiger partial charge >= 0.3 is 263 Å². The van der Waals surface area contributed by atoms with Crippen LogP contribution in [0.15, 0.2) is 109 Å². The van der Waals surface area contributed by atoms with Gasteiger partial charge < -0.3 is 0 Å². The van der Waals surface area contributed by atoms with Gasteiger partial charge in [-0.25, -0.2) is 0 Å². The van der Waals surface area contributed by atoms with Crippen molar-refractivity contribution < 1.29 is 66.3 Å².